The Labute approximate surface area is 122 Å². The Hall–Kier alpha value is -1.59. The van der Waals surface area contributed by atoms with Crippen LogP contribution in [0.15, 0.2) is 40.3 Å². The molecule has 0 bridgehead atoms. The molecule has 0 aliphatic rings. The van der Waals surface area contributed by atoms with E-state index in [0.29, 0.717) is 0 Å². The van der Waals surface area contributed by atoms with Gasteiger partial charge in [-0.25, -0.2) is 0 Å². The highest BCUT2D eigenvalue weighted by Crippen LogP contribution is 2.23. The molecule has 108 valence electrons. The van der Waals surface area contributed by atoms with Gasteiger partial charge in [-0.1, -0.05) is 6.07 Å². The number of thiophene rings is 1. The predicted molar refractivity (Wildman–Crippen MR) is 78.9 cm³/mol. The molecule has 5 heteroatoms. The first-order chi connectivity index (χ1) is 9.65. The van der Waals surface area contributed by atoms with Crippen LogP contribution in [0.1, 0.15) is 36.4 Å². The van der Waals surface area contributed by atoms with Gasteiger partial charge in [0.25, 0.3) is 0 Å². The average molecular weight is 293 g/mol. The maximum absolute atomic E-state index is 11.0. The van der Waals surface area contributed by atoms with Crippen LogP contribution in [0.2, 0.25) is 0 Å². The predicted octanol–water partition coefficient (Wildman–Crippen LogP) is 3.47. The summed E-state index contributed by atoms with van der Waals surface area (Å²) < 4.78 is 5.31. The number of nitrogens with one attached hydrogen (secondary N) is 1. The molecular weight excluding hydrogens is 274 g/mol. The van der Waals surface area contributed by atoms with E-state index in [9.17, 15) is 4.79 Å². The van der Waals surface area contributed by atoms with Crippen molar-refractivity contribution >= 4 is 17.3 Å². The van der Waals surface area contributed by atoms with Crippen LogP contribution in [-0.2, 0) is 11.2 Å². The lowest BCUT2D eigenvalue weighted by Crippen LogP contribution is -2.32. The quantitative estimate of drug-likeness (QED) is 0.782. The molecule has 0 aromatic carbocycles. The van der Waals surface area contributed by atoms with E-state index in [4.69, 9.17) is 9.52 Å². The Morgan fingerprint density at radius 1 is 1.45 bits per heavy atom. The summed E-state index contributed by atoms with van der Waals surface area (Å²) in [5.74, 6) is 0.179. The molecule has 0 saturated heterocycles. The fraction of sp³-hybridized carbons (Fsp3) is 0.400. The first-order valence-corrected chi connectivity index (χ1v) is 7.56. The topological polar surface area (TPSA) is 62.5 Å². The van der Waals surface area contributed by atoms with Crippen LogP contribution in [0, 0.1) is 0 Å². The number of rotatable bonds is 8. The zero-order valence-corrected chi connectivity index (χ0v) is 12.2. The molecule has 0 fully saturated rings. The third kappa shape index (κ3) is 4.51. The van der Waals surface area contributed by atoms with Gasteiger partial charge in [-0.15, -0.1) is 11.3 Å². The third-order valence-corrected chi connectivity index (χ3v) is 4.14. The molecule has 2 rings (SSSR count). The highest BCUT2D eigenvalue weighted by atomic mass is 32.1. The molecule has 2 heterocycles. The van der Waals surface area contributed by atoms with E-state index in [-0.39, 0.29) is 18.5 Å². The molecule has 4 nitrogen and oxygen atoms in total. The highest BCUT2D eigenvalue weighted by Gasteiger charge is 2.18. The van der Waals surface area contributed by atoms with Gasteiger partial charge in [-0.3, -0.25) is 4.79 Å². The lowest BCUT2D eigenvalue weighted by Gasteiger charge is -2.21. The van der Waals surface area contributed by atoms with E-state index in [1.807, 2.05) is 29.6 Å². The molecule has 2 unspecified atom stereocenters. The number of carboxylic acids is 1. The normalized spacial score (nSPS) is 14.1. The van der Waals surface area contributed by atoms with Crippen molar-refractivity contribution < 1.29 is 14.3 Å². The average Bonchev–Trinajstić information content (AvgIpc) is 3.08. The zero-order valence-electron chi connectivity index (χ0n) is 11.4. The van der Waals surface area contributed by atoms with Crippen molar-refractivity contribution in [3.05, 3.63) is 46.5 Å². The Morgan fingerprint density at radius 3 is 2.90 bits per heavy atom. The monoisotopic (exact) mass is 293 g/mol. The minimum atomic E-state index is -0.783. The fourth-order valence-corrected chi connectivity index (χ4v) is 2.93. The van der Waals surface area contributed by atoms with E-state index in [2.05, 4.69) is 12.2 Å². The van der Waals surface area contributed by atoms with Crippen LogP contribution < -0.4 is 5.32 Å². The number of hydrogen-bond acceptors (Lipinski definition) is 4. The van der Waals surface area contributed by atoms with Crippen molar-refractivity contribution in [2.24, 2.45) is 0 Å². The lowest BCUT2D eigenvalue weighted by atomic mass is 10.1. The minimum absolute atomic E-state index is 0.103. The molecule has 0 radical (unpaired) electrons. The van der Waals surface area contributed by atoms with Crippen LogP contribution in [0.3, 0.4) is 0 Å². The summed E-state index contributed by atoms with van der Waals surface area (Å²) in [6, 6.07) is 7.87. The van der Waals surface area contributed by atoms with Crippen molar-refractivity contribution in [1.82, 2.24) is 5.32 Å². The maximum atomic E-state index is 11.0. The van der Waals surface area contributed by atoms with Gasteiger partial charge in [0.15, 0.2) is 0 Å². The van der Waals surface area contributed by atoms with Crippen LogP contribution in [0.4, 0.5) is 0 Å². The molecule has 2 aromatic heterocycles. The summed E-state index contributed by atoms with van der Waals surface area (Å²) >= 11 is 1.59. The largest absolute Gasteiger partial charge is 0.481 e. The Balaban J connectivity index is 1.88. The number of furan rings is 1. The molecule has 2 N–H and O–H groups in total. The number of aryl methyl sites for hydroxylation is 1. The van der Waals surface area contributed by atoms with Gasteiger partial charge in [0.2, 0.25) is 0 Å². The van der Waals surface area contributed by atoms with Gasteiger partial charge < -0.3 is 14.8 Å². The molecule has 0 aliphatic carbocycles. The summed E-state index contributed by atoms with van der Waals surface area (Å²) in [5.41, 5.74) is 0. The van der Waals surface area contributed by atoms with Crippen molar-refractivity contribution in [1.29, 1.82) is 0 Å². The molecule has 2 aromatic rings. The zero-order chi connectivity index (χ0) is 14.4. The number of carbonyl (C=O) groups is 1. The third-order valence-electron chi connectivity index (χ3n) is 3.15. The highest BCUT2D eigenvalue weighted by molar-refractivity contribution is 7.10. The molecule has 20 heavy (non-hydrogen) atoms. The van der Waals surface area contributed by atoms with Crippen molar-refractivity contribution in [3.63, 3.8) is 0 Å². The number of hydrogen-bond donors (Lipinski definition) is 2. The Morgan fingerprint density at radius 2 is 2.30 bits per heavy atom. The summed E-state index contributed by atoms with van der Waals surface area (Å²) in [6.45, 7) is 2.07. The van der Waals surface area contributed by atoms with Crippen molar-refractivity contribution in [3.8, 4) is 0 Å². The summed E-state index contributed by atoms with van der Waals surface area (Å²) in [5, 5.41) is 14.4. The number of carboxylic acid groups (broad SMARTS) is 1. The minimum Gasteiger partial charge on any atom is -0.481 e. The standard InChI is InChI=1S/C15H19NO3S/c1-11(6-7-12-4-2-8-19-12)16-13(10-15(17)18)14-5-3-9-20-14/h2-5,8-9,11,13,16H,6-7,10H2,1H3,(H,17,18). The molecule has 2 atom stereocenters. The first-order valence-electron chi connectivity index (χ1n) is 6.69. The van der Waals surface area contributed by atoms with E-state index in [0.717, 1.165) is 23.5 Å². The molecular formula is C15H19NO3S. The maximum Gasteiger partial charge on any atom is 0.305 e. The second-order valence-electron chi connectivity index (χ2n) is 4.85. The van der Waals surface area contributed by atoms with Gasteiger partial charge in [-0.05, 0) is 36.9 Å². The van der Waals surface area contributed by atoms with E-state index >= 15 is 0 Å². The van der Waals surface area contributed by atoms with Crippen LogP contribution in [0.5, 0.6) is 0 Å². The smallest absolute Gasteiger partial charge is 0.305 e. The molecule has 0 aliphatic heterocycles. The Bertz CT molecular complexity index is 507. The van der Waals surface area contributed by atoms with Crippen molar-refractivity contribution in [2.45, 2.75) is 38.3 Å². The van der Waals surface area contributed by atoms with Crippen LogP contribution in [-0.4, -0.2) is 17.1 Å². The van der Waals surface area contributed by atoms with Crippen LogP contribution in [0.25, 0.3) is 0 Å². The van der Waals surface area contributed by atoms with Gasteiger partial charge in [-0.2, -0.15) is 0 Å². The first kappa shape index (κ1) is 14.8. The van der Waals surface area contributed by atoms with Crippen molar-refractivity contribution in [2.75, 3.05) is 0 Å². The second kappa shape index (κ2) is 7.26. The summed E-state index contributed by atoms with van der Waals surface area (Å²) in [6.07, 6.45) is 3.54. The van der Waals surface area contributed by atoms with E-state index in [1.165, 1.54) is 0 Å². The van der Waals surface area contributed by atoms with E-state index < -0.39 is 5.97 Å². The summed E-state index contributed by atoms with van der Waals surface area (Å²) in [4.78, 5) is 12.0. The van der Waals surface area contributed by atoms with Crippen LogP contribution >= 0.6 is 11.3 Å². The van der Waals surface area contributed by atoms with Gasteiger partial charge in [0.1, 0.15) is 5.76 Å². The Kier molecular flexibility index (Phi) is 5.38. The lowest BCUT2D eigenvalue weighted by molar-refractivity contribution is -0.137. The molecule has 0 amide bonds. The van der Waals surface area contributed by atoms with Gasteiger partial charge in [0.05, 0.1) is 18.7 Å². The van der Waals surface area contributed by atoms with Gasteiger partial charge in [0, 0.05) is 17.3 Å². The summed E-state index contributed by atoms with van der Waals surface area (Å²) in [7, 11) is 0. The SMILES string of the molecule is CC(CCc1ccco1)NC(CC(=O)O)c1cccs1. The molecule has 0 spiro atoms. The fourth-order valence-electron chi connectivity index (χ4n) is 2.15. The van der Waals surface area contributed by atoms with Gasteiger partial charge >= 0.3 is 5.97 Å². The van der Waals surface area contributed by atoms with E-state index in [1.54, 1.807) is 17.6 Å². The number of aliphatic carboxylic acids is 1. The second-order valence-corrected chi connectivity index (χ2v) is 5.83. The molecule has 0 saturated carbocycles.